The molecule has 22 heavy (non-hydrogen) atoms. The van der Waals surface area contributed by atoms with Crippen LogP contribution in [0, 0.1) is 13.8 Å². The monoisotopic (exact) mass is 297 g/mol. The number of carbonyl (C=O) groups is 1. The summed E-state index contributed by atoms with van der Waals surface area (Å²) in [6, 6.07) is 8.55. The fraction of sp³-hybridized carbons (Fsp3) is 0.444. The van der Waals surface area contributed by atoms with Crippen LogP contribution in [-0.2, 0) is 0 Å². The molecular formula is C18H23N3O. The minimum absolute atomic E-state index is 0.104. The van der Waals surface area contributed by atoms with Gasteiger partial charge in [-0.25, -0.2) is 0 Å². The molecule has 0 bridgehead atoms. The molecule has 0 aliphatic carbocycles. The molecule has 1 atom stereocenters. The van der Waals surface area contributed by atoms with Gasteiger partial charge in [-0.1, -0.05) is 12.1 Å². The van der Waals surface area contributed by atoms with E-state index in [1.165, 1.54) is 5.56 Å². The summed E-state index contributed by atoms with van der Waals surface area (Å²) in [6.45, 7) is 5.60. The first-order valence-corrected chi connectivity index (χ1v) is 7.93. The van der Waals surface area contributed by atoms with E-state index < -0.39 is 0 Å². The van der Waals surface area contributed by atoms with E-state index in [0.29, 0.717) is 6.04 Å². The van der Waals surface area contributed by atoms with Crippen LogP contribution in [0.1, 0.15) is 34.5 Å². The van der Waals surface area contributed by atoms with Crippen LogP contribution in [0.25, 0.3) is 10.9 Å². The van der Waals surface area contributed by atoms with Crippen LogP contribution in [0.4, 0.5) is 0 Å². The number of carbonyl (C=O) groups excluding carboxylic acids is 1. The molecule has 1 aliphatic rings. The maximum absolute atomic E-state index is 12.9. The van der Waals surface area contributed by atoms with Crippen LogP contribution in [0.3, 0.4) is 0 Å². The zero-order valence-electron chi connectivity index (χ0n) is 13.5. The Morgan fingerprint density at radius 3 is 2.91 bits per heavy atom. The number of likely N-dealkylation sites (N-methyl/N-ethyl adjacent to an activating group) is 1. The van der Waals surface area contributed by atoms with Crippen LogP contribution >= 0.6 is 0 Å². The molecule has 4 heteroatoms. The van der Waals surface area contributed by atoms with Crippen molar-refractivity contribution in [1.82, 2.24) is 15.2 Å². The van der Waals surface area contributed by atoms with E-state index in [1.807, 2.05) is 31.0 Å². The largest absolute Gasteiger partial charge is 0.337 e. The molecule has 0 saturated carbocycles. The Morgan fingerprint density at radius 2 is 2.14 bits per heavy atom. The molecular weight excluding hydrogens is 274 g/mol. The molecule has 116 valence electrons. The summed E-state index contributed by atoms with van der Waals surface area (Å²) >= 11 is 0. The van der Waals surface area contributed by atoms with Crippen LogP contribution in [0.2, 0.25) is 0 Å². The van der Waals surface area contributed by atoms with Crippen molar-refractivity contribution in [3.05, 3.63) is 41.1 Å². The van der Waals surface area contributed by atoms with E-state index in [2.05, 4.69) is 29.4 Å². The summed E-state index contributed by atoms with van der Waals surface area (Å²) in [6.07, 6.45) is 2.19. The Balaban J connectivity index is 1.93. The van der Waals surface area contributed by atoms with Crippen LogP contribution in [0.5, 0.6) is 0 Å². The number of aromatic nitrogens is 1. The zero-order valence-corrected chi connectivity index (χ0v) is 13.5. The standard InChI is InChI=1S/C18H23N3O/c1-12-6-7-14-10-16(13(2)20-17(14)9-12)18(22)21-8-4-5-15(11-21)19-3/h6-7,9-10,15,19H,4-5,8,11H2,1-3H3/t15-/m0/s1. The number of piperidine rings is 1. The predicted octanol–water partition coefficient (Wildman–Crippen LogP) is 2.68. The predicted molar refractivity (Wildman–Crippen MR) is 89.2 cm³/mol. The quantitative estimate of drug-likeness (QED) is 0.927. The summed E-state index contributed by atoms with van der Waals surface area (Å²) in [4.78, 5) is 19.4. The van der Waals surface area contributed by atoms with Gasteiger partial charge in [0.25, 0.3) is 5.91 Å². The molecule has 2 aromatic rings. The highest BCUT2D eigenvalue weighted by Gasteiger charge is 2.25. The molecule has 4 nitrogen and oxygen atoms in total. The number of fused-ring (bicyclic) bond motifs is 1. The number of benzene rings is 1. The van der Waals surface area contributed by atoms with Crippen molar-refractivity contribution < 1.29 is 4.79 Å². The lowest BCUT2D eigenvalue weighted by molar-refractivity contribution is 0.0697. The number of pyridine rings is 1. The van der Waals surface area contributed by atoms with E-state index in [-0.39, 0.29) is 5.91 Å². The molecule has 1 aliphatic heterocycles. The third-order valence-electron chi connectivity index (χ3n) is 4.51. The number of nitrogens with one attached hydrogen (secondary N) is 1. The van der Waals surface area contributed by atoms with E-state index in [9.17, 15) is 4.79 Å². The second kappa shape index (κ2) is 6.05. The maximum Gasteiger partial charge on any atom is 0.255 e. The first-order chi connectivity index (χ1) is 10.6. The molecule has 1 N–H and O–H groups in total. The topological polar surface area (TPSA) is 45.2 Å². The average Bonchev–Trinajstić information content (AvgIpc) is 2.53. The molecule has 0 radical (unpaired) electrons. The van der Waals surface area contributed by atoms with Gasteiger partial charge in [0.1, 0.15) is 0 Å². The number of rotatable bonds is 2. The van der Waals surface area contributed by atoms with Gasteiger partial charge in [-0.05, 0) is 51.4 Å². The Kier molecular flexibility index (Phi) is 4.12. The van der Waals surface area contributed by atoms with Crippen molar-refractivity contribution in [3.63, 3.8) is 0 Å². The van der Waals surface area contributed by atoms with Gasteiger partial charge in [-0.2, -0.15) is 0 Å². The molecule has 1 aromatic heterocycles. The Hall–Kier alpha value is -1.94. The van der Waals surface area contributed by atoms with Crippen LogP contribution in [-0.4, -0.2) is 42.0 Å². The van der Waals surface area contributed by atoms with Gasteiger partial charge in [0.15, 0.2) is 0 Å². The third kappa shape index (κ3) is 2.83. The summed E-state index contributed by atoms with van der Waals surface area (Å²) in [5.74, 6) is 0.104. The van der Waals surface area contributed by atoms with Crippen molar-refractivity contribution in [2.75, 3.05) is 20.1 Å². The van der Waals surface area contributed by atoms with Gasteiger partial charge in [0.2, 0.25) is 0 Å². The fourth-order valence-electron chi connectivity index (χ4n) is 3.16. The highest BCUT2D eigenvalue weighted by Crippen LogP contribution is 2.21. The van der Waals surface area contributed by atoms with Gasteiger partial charge < -0.3 is 10.2 Å². The summed E-state index contributed by atoms with van der Waals surface area (Å²) < 4.78 is 0. The molecule has 1 fully saturated rings. The molecule has 1 aromatic carbocycles. The second-order valence-electron chi connectivity index (χ2n) is 6.20. The number of hydrogen-bond acceptors (Lipinski definition) is 3. The molecule has 1 amide bonds. The highest BCUT2D eigenvalue weighted by molar-refractivity contribution is 5.98. The van der Waals surface area contributed by atoms with Crippen molar-refractivity contribution in [3.8, 4) is 0 Å². The SMILES string of the molecule is CN[C@H]1CCCN(C(=O)c2cc3ccc(C)cc3nc2C)C1. The minimum Gasteiger partial charge on any atom is -0.337 e. The van der Waals surface area contributed by atoms with Crippen LogP contribution in [0.15, 0.2) is 24.3 Å². The number of hydrogen-bond donors (Lipinski definition) is 1. The van der Waals surface area contributed by atoms with Crippen LogP contribution < -0.4 is 5.32 Å². The molecule has 2 heterocycles. The number of likely N-dealkylation sites (tertiary alicyclic amines) is 1. The lowest BCUT2D eigenvalue weighted by Crippen LogP contribution is -2.47. The lowest BCUT2D eigenvalue weighted by atomic mass is 10.0. The zero-order chi connectivity index (χ0) is 15.7. The summed E-state index contributed by atoms with van der Waals surface area (Å²) in [7, 11) is 1.96. The van der Waals surface area contributed by atoms with Gasteiger partial charge in [0.05, 0.1) is 16.8 Å². The number of aryl methyl sites for hydroxylation is 2. The van der Waals surface area contributed by atoms with Gasteiger partial charge >= 0.3 is 0 Å². The third-order valence-corrected chi connectivity index (χ3v) is 4.51. The first-order valence-electron chi connectivity index (χ1n) is 7.93. The smallest absolute Gasteiger partial charge is 0.255 e. The normalized spacial score (nSPS) is 18.7. The van der Waals surface area contributed by atoms with Gasteiger partial charge in [-0.3, -0.25) is 9.78 Å². The average molecular weight is 297 g/mol. The lowest BCUT2D eigenvalue weighted by Gasteiger charge is -2.32. The summed E-state index contributed by atoms with van der Waals surface area (Å²) in [5.41, 5.74) is 3.69. The van der Waals surface area contributed by atoms with Gasteiger partial charge in [-0.15, -0.1) is 0 Å². The first kappa shape index (κ1) is 15.0. The Morgan fingerprint density at radius 1 is 1.32 bits per heavy atom. The van der Waals surface area contributed by atoms with Crippen molar-refractivity contribution in [2.45, 2.75) is 32.7 Å². The van der Waals surface area contributed by atoms with E-state index in [1.54, 1.807) is 0 Å². The minimum atomic E-state index is 0.104. The number of amides is 1. The molecule has 1 saturated heterocycles. The van der Waals surface area contributed by atoms with Crippen molar-refractivity contribution >= 4 is 16.8 Å². The number of nitrogens with zero attached hydrogens (tertiary/aromatic N) is 2. The molecule has 0 unspecified atom stereocenters. The van der Waals surface area contributed by atoms with E-state index in [0.717, 1.165) is 48.1 Å². The Labute approximate surface area is 131 Å². The molecule has 0 spiro atoms. The van der Waals surface area contributed by atoms with E-state index in [4.69, 9.17) is 0 Å². The second-order valence-corrected chi connectivity index (χ2v) is 6.20. The highest BCUT2D eigenvalue weighted by atomic mass is 16.2. The van der Waals surface area contributed by atoms with Crippen molar-refractivity contribution in [2.24, 2.45) is 0 Å². The van der Waals surface area contributed by atoms with Crippen molar-refractivity contribution in [1.29, 1.82) is 0 Å². The van der Waals surface area contributed by atoms with Gasteiger partial charge in [0, 0.05) is 24.5 Å². The molecule has 3 rings (SSSR count). The Bertz CT molecular complexity index is 711. The summed E-state index contributed by atoms with van der Waals surface area (Å²) in [5, 5.41) is 4.31. The van der Waals surface area contributed by atoms with E-state index >= 15 is 0 Å². The fourth-order valence-corrected chi connectivity index (χ4v) is 3.16. The maximum atomic E-state index is 12.9.